The minimum atomic E-state index is -0.438. The third kappa shape index (κ3) is 9.64. The number of nitrogens with zero attached hydrogens (tertiary/aromatic N) is 3. The number of nitriles is 1. The molecule has 2 aromatic rings. The molecule has 0 bridgehead atoms. The molecular weight excluding hydrogens is 515 g/mol. The molecule has 0 aliphatic heterocycles. The molecular formula is C18H20Cl2N6O3S3. The first kappa shape index (κ1) is 28.0. The second-order valence-corrected chi connectivity index (χ2v) is 9.66. The van der Waals surface area contributed by atoms with Crippen LogP contribution in [-0.2, 0) is 0 Å². The summed E-state index contributed by atoms with van der Waals surface area (Å²) in [5.74, 6) is 0.706. The Morgan fingerprint density at radius 2 is 1.75 bits per heavy atom. The number of nitrogens with one attached hydrogen (secondary N) is 1. The summed E-state index contributed by atoms with van der Waals surface area (Å²) in [4.78, 5) is 35.1. The number of primary amides is 2. The molecule has 0 spiro atoms. The maximum absolute atomic E-state index is 11.9. The lowest BCUT2D eigenvalue weighted by molar-refractivity contribution is 0.103. The van der Waals surface area contributed by atoms with E-state index in [2.05, 4.69) is 9.69 Å². The number of amides is 3. The van der Waals surface area contributed by atoms with Crippen molar-refractivity contribution in [2.24, 2.45) is 11.5 Å². The van der Waals surface area contributed by atoms with Gasteiger partial charge >= 0.3 is 0 Å². The molecule has 1 aromatic heterocycles. The van der Waals surface area contributed by atoms with Gasteiger partial charge in [0.2, 0.25) is 0 Å². The fraction of sp³-hybridized carbons (Fsp3) is 0.278. The first-order valence-corrected chi connectivity index (χ1v) is 12.2. The maximum Gasteiger partial charge on any atom is 0.276 e. The Balaban J connectivity index is 0.000000333. The van der Waals surface area contributed by atoms with Crippen molar-refractivity contribution in [1.82, 2.24) is 9.27 Å². The molecule has 1 heterocycles. The molecule has 0 aliphatic rings. The second kappa shape index (κ2) is 14.2. The predicted octanol–water partition coefficient (Wildman–Crippen LogP) is 4.11. The molecule has 1 aromatic carbocycles. The van der Waals surface area contributed by atoms with Gasteiger partial charge in [-0.05, 0) is 37.8 Å². The first-order valence-electron chi connectivity index (χ1n) is 8.68. The monoisotopic (exact) mass is 534 g/mol. The van der Waals surface area contributed by atoms with Crippen LogP contribution < -0.4 is 16.8 Å². The molecule has 14 heteroatoms. The van der Waals surface area contributed by atoms with E-state index in [0.29, 0.717) is 22.8 Å². The van der Waals surface area contributed by atoms with Crippen LogP contribution in [0.2, 0.25) is 10.2 Å². The molecule has 0 saturated heterocycles. The van der Waals surface area contributed by atoms with E-state index in [0.717, 1.165) is 35.1 Å². The molecule has 9 nitrogen and oxygen atoms in total. The molecule has 2 rings (SSSR count). The van der Waals surface area contributed by atoms with Crippen LogP contribution in [0.3, 0.4) is 0 Å². The molecule has 3 amide bonds. The lowest BCUT2D eigenvalue weighted by Gasteiger charge is -2.22. The zero-order valence-electron chi connectivity index (χ0n) is 17.0. The van der Waals surface area contributed by atoms with Crippen LogP contribution in [0.4, 0.5) is 15.3 Å². The van der Waals surface area contributed by atoms with Crippen molar-refractivity contribution < 1.29 is 14.4 Å². The largest absolute Gasteiger partial charge is 0.361 e. The Kier molecular flexibility index (Phi) is 12.4. The fourth-order valence-corrected chi connectivity index (χ4v) is 4.78. The van der Waals surface area contributed by atoms with Gasteiger partial charge in [0.15, 0.2) is 5.15 Å². The van der Waals surface area contributed by atoms with Crippen LogP contribution in [0.1, 0.15) is 15.2 Å². The van der Waals surface area contributed by atoms with Crippen molar-refractivity contribution in [3.05, 3.63) is 44.9 Å². The van der Waals surface area contributed by atoms with E-state index >= 15 is 0 Å². The number of nitrogens with two attached hydrogens (primary N) is 2. The van der Waals surface area contributed by atoms with Gasteiger partial charge in [-0.15, -0.1) is 0 Å². The highest BCUT2D eigenvalue weighted by molar-refractivity contribution is 8.14. The number of rotatable bonds is 7. The van der Waals surface area contributed by atoms with Crippen molar-refractivity contribution in [1.29, 1.82) is 5.26 Å². The van der Waals surface area contributed by atoms with Crippen LogP contribution >= 0.6 is 58.3 Å². The van der Waals surface area contributed by atoms with Crippen LogP contribution in [0.15, 0.2) is 24.3 Å². The first-order chi connectivity index (χ1) is 15.1. The Morgan fingerprint density at radius 1 is 1.19 bits per heavy atom. The summed E-state index contributed by atoms with van der Waals surface area (Å²) < 4.78 is 3.77. The summed E-state index contributed by atoms with van der Waals surface area (Å²) in [5.41, 5.74) is 10.8. The van der Waals surface area contributed by atoms with E-state index in [-0.39, 0.29) is 21.1 Å². The Labute approximate surface area is 207 Å². The van der Waals surface area contributed by atoms with Gasteiger partial charge in [0.1, 0.15) is 16.0 Å². The zero-order chi connectivity index (χ0) is 24.3. The summed E-state index contributed by atoms with van der Waals surface area (Å²) >= 11 is 14.5. The van der Waals surface area contributed by atoms with Gasteiger partial charge in [0.05, 0.1) is 11.3 Å². The van der Waals surface area contributed by atoms with Gasteiger partial charge in [-0.1, -0.05) is 58.9 Å². The van der Waals surface area contributed by atoms with Gasteiger partial charge < -0.3 is 21.7 Å². The number of anilines is 1. The number of thioether (sulfide) groups is 2. The minimum absolute atomic E-state index is 0.0976. The summed E-state index contributed by atoms with van der Waals surface area (Å²) in [6.45, 7) is 0. The fourth-order valence-electron chi connectivity index (χ4n) is 1.97. The summed E-state index contributed by atoms with van der Waals surface area (Å²) in [7, 11) is 3.77. The number of para-hydroxylation sites is 1. The number of hydrogen-bond donors (Lipinski definition) is 3. The van der Waals surface area contributed by atoms with E-state index in [1.807, 2.05) is 25.1 Å². The average molecular weight is 536 g/mol. The number of benzene rings is 1. The van der Waals surface area contributed by atoms with Crippen molar-refractivity contribution in [3.8, 4) is 6.07 Å². The molecule has 5 N–H and O–H groups in total. The Hall–Kier alpha value is -2.01. The maximum atomic E-state index is 11.9. The SMILES string of the molecule is CN(C)C(CSC(N)=O)CSC(N)=O.N#Cc1ccccc1NC(=O)c1snc(Cl)c1Cl. The molecule has 0 atom stereocenters. The summed E-state index contributed by atoms with van der Waals surface area (Å²) in [6.07, 6.45) is 0. The van der Waals surface area contributed by atoms with Crippen molar-refractivity contribution in [2.45, 2.75) is 6.04 Å². The van der Waals surface area contributed by atoms with Gasteiger partial charge in [-0.25, -0.2) is 0 Å². The van der Waals surface area contributed by atoms with Crippen LogP contribution in [0, 0.1) is 11.3 Å². The number of carbonyl (C=O) groups excluding carboxylic acids is 3. The molecule has 172 valence electrons. The van der Waals surface area contributed by atoms with Crippen LogP contribution in [-0.4, -0.2) is 57.3 Å². The smallest absolute Gasteiger partial charge is 0.276 e. The van der Waals surface area contributed by atoms with E-state index in [1.54, 1.807) is 24.3 Å². The van der Waals surface area contributed by atoms with Crippen LogP contribution in [0.25, 0.3) is 0 Å². The van der Waals surface area contributed by atoms with E-state index < -0.39 is 16.4 Å². The quantitative estimate of drug-likeness (QED) is 0.478. The summed E-state index contributed by atoms with van der Waals surface area (Å²) in [5, 5.41) is 10.9. The van der Waals surface area contributed by atoms with Crippen LogP contribution in [0.5, 0.6) is 0 Å². The molecule has 0 aliphatic carbocycles. The highest BCUT2D eigenvalue weighted by Crippen LogP contribution is 2.29. The standard InChI is InChI=1S/C11H5Cl2N3OS.C7H15N3O2S2/c12-8-9(18-16-10(8)13)11(17)15-7-4-2-1-3-6(7)5-14;1-10(2)5(3-13-6(8)11)4-14-7(9)12/h1-4H,(H,15,17);5H,3-4H2,1-2H3,(H2,8,11)(H2,9,12). The number of halogens is 2. The molecule has 0 radical (unpaired) electrons. The highest BCUT2D eigenvalue weighted by atomic mass is 35.5. The molecule has 0 saturated carbocycles. The van der Waals surface area contributed by atoms with Gasteiger partial charge in [-0.3, -0.25) is 14.4 Å². The van der Waals surface area contributed by atoms with E-state index in [9.17, 15) is 14.4 Å². The van der Waals surface area contributed by atoms with E-state index in [1.165, 1.54) is 0 Å². The zero-order valence-corrected chi connectivity index (χ0v) is 21.0. The third-order valence-corrected chi connectivity index (χ3v) is 7.13. The molecule has 0 fully saturated rings. The van der Waals surface area contributed by atoms with Gasteiger partial charge in [0.25, 0.3) is 16.4 Å². The summed E-state index contributed by atoms with van der Waals surface area (Å²) in [6, 6.07) is 8.77. The lowest BCUT2D eigenvalue weighted by atomic mass is 10.2. The van der Waals surface area contributed by atoms with Crippen molar-refractivity contribution >= 4 is 80.3 Å². The van der Waals surface area contributed by atoms with Crippen molar-refractivity contribution in [2.75, 3.05) is 30.9 Å². The van der Waals surface area contributed by atoms with Gasteiger partial charge in [-0.2, -0.15) is 9.64 Å². The molecule has 32 heavy (non-hydrogen) atoms. The second-order valence-electron chi connectivity index (χ2n) is 6.11. The predicted molar refractivity (Wildman–Crippen MR) is 133 cm³/mol. The van der Waals surface area contributed by atoms with E-state index in [4.69, 9.17) is 39.9 Å². The van der Waals surface area contributed by atoms with Crippen molar-refractivity contribution in [3.63, 3.8) is 0 Å². The number of aromatic nitrogens is 1. The average Bonchev–Trinajstić information content (AvgIpc) is 3.06. The highest BCUT2D eigenvalue weighted by Gasteiger charge is 2.18. The normalized spacial score (nSPS) is 10.3. The molecule has 0 unspecified atom stereocenters. The Morgan fingerprint density at radius 3 is 2.19 bits per heavy atom. The number of carbonyl (C=O) groups is 3. The Bertz CT molecular complexity index is 979. The van der Waals surface area contributed by atoms with Gasteiger partial charge in [0, 0.05) is 17.5 Å². The number of hydrogen-bond acceptors (Lipinski definition) is 9. The minimum Gasteiger partial charge on any atom is -0.361 e. The topological polar surface area (TPSA) is 155 Å². The lowest BCUT2D eigenvalue weighted by Crippen LogP contribution is -2.34. The third-order valence-electron chi connectivity index (χ3n) is 3.67.